The first-order chi connectivity index (χ1) is 11.7. The molecule has 1 atom stereocenters. The number of sulfonamides is 1. The van der Waals surface area contributed by atoms with E-state index in [1.807, 2.05) is 18.2 Å². The quantitative estimate of drug-likeness (QED) is 0.792. The Morgan fingerprint density at radius 1 is 1.00 bits per heavy atom. The van der Waals surface area contributed by atoms with Gasteiger partial charge in [-0.1, -0.05) is 35.9 Å². The van der Waals surface area contributed by atoms with Crippen molar-refractivity contribution in [3.05, 3.63) is 53.6 Å². The molecule has 1 aliphatic rings. The number of rotatable bonds is 4. The van der Waals surface area contributed by atoms with E-state index in [1.54, 1.807) is 30.3 Å². The average Bonchev–Trinajstić information content (AvgIpc) is 3.06. The molecule has 0 amide bonds. The van der Waals surface area contributed by atoms with Gasteiger partial charge in [-0.2, -0.15) is 4.31 Å². The Morgan fingerprint density at radius 2 is 1.68 bits per heavy atom. The number of nitrogens with zero attached hydrogens (tertiary/aromatic N) is 1. The van der Waals surface area contributed by atoms with Crippen LogP contribution in [0, 0.1) is 0 Å². The molecule has 1 saturated heterocycles. The number of sulfone groups is 1. The third-order valence-electron chi connectivity index (χ3n) is 4.36. The molecule has 1 aliphatic heterocycles. The molecule has 2 aromatic carbocycles. The topological polar surface area (TPSA) is 71.5 Å². The first-order valence-electron chi connectivity index (χ1n) is 7.73. The summed E-state index contributed by atoms with van der Waals surface area (Å²) in [5.41, 5.74) is 1.76. The van der Waals surface area contributed by atoms with Crippen LogP contribution in [0.2, 0.25) is 5.02 Å². The molecule has 2 aromatic rings. The van der Waals surface area contributed by atoms with E-state index in [0.29, 0.717) is 11.4 Å². The molecule has 0 spiro atoms. The second kappa shape index (κ2) is 6.72. The zero-order chi connectivity index (χ0) is 18.2. The zero-order valence-corrected chi connectivity index (χ0v) is 16.0. The average molecular weight is 400 g/mol. The number of hydrogen-bond acceptors (Lipinski definition) is 4. The summed E-state index contributed by atoms with van der Waals surface area (Å²) < 4.78 is 50.0. The van der Waals surface area contributed by atoms with Gasteiger partial charge < -0.3 is 0 Å². The molecule has 1 heterocycles. The molecular weight excluding hydrogens is 382 g/mol. The van der Waals surface area contributed by atoms with Gasteiger partial charge in [-0.3, -0.25) is 0 Å². The van der Waals surface area contributed by atoms with Crippen molar-refractivity contribution in [3.8, 4) is 11.1 Å². The van der Waals surface area contributed by atoms with Gasteiger partial charge in [-0.25, -0.2) is 16.8 Å². The van der Waals surface area contributed by atoms with E-state index >= 15 is 0 Å². The summed E-state index contributed by atoms with van der Waals surface area (Å²) in [4.78, 5) is 0.160. The van der Waals surface area contributed by atoms with Crippen molar-refractivity contribution in [3.63, 3.8) is 0 Å². The van der Waals surface area contributed by atoms with E-state index in [4.69, 9.17) is 11.6 Å². The smallest absolute Gasteiger partial charge is 0.229 e. The largest absolute Gasteiger partial charge is 0.243 e. The van der Waals surface area contributed by atoms with Crippen molar-refractivity contribution in [2.24, 2.45) is 0 Å². The standard InChI is InChI=1S/C17H18ClNO4S2/c1-24(20,21)17-9-10-19(12-17)25(22,23)16-7-5-13(6-8-16)14-3-2-4-15(18)11-14/h2-8,11,17H,9-10,12H2,1H3. The fourth-order valence-electron chi connectivity index (χ4n) is 2.90. The summed E-state index contributed by atoms with van der Waals surface area (Å²) in [5.74, 6) is 0. The zero-order valence-electron chi connectivity index (χ0n) is 13.6. The first-order valence-corrected chi connectivity index (χ1v) is 11.5. The van der Waals surface area contributed by atoms with Crippen molar-refractivity contribution in [1.29, 1.82) is 0 Å². The second-order valence-corrected chi connectivity index (χ2v) is 10.8. The minimum Gasteiger partial charge on any atom is -0.229 e. The summed E-state index contributed by atoms with van der Waals surface area (Å²) in [6.45, 7) is 0.229. The molecule has 0 saturated carbocycles. The van der Waals surface area contributed by atoms with Crippen molar-refractivity contribution in [2.75, 3.05) is 19.3 Å². The highest BCUT2D eigenvalue weighted by molar-refractivity contribution is 7.91. The third kappa shape index (κ3) is 3.89. The maximum Gasteiger partial charge on any atom is 0.243 e. The molecular formula is C17H18ClNO4S2. The molecule has 0 radical (unpaired) electrons. The first kappa shape index (κ1) is 18.4. The van der Waals surface area contributed by atoms with Gasteiger partial charge in [0.05, 0.1) is 10.1 Å². The van der Waals surface area contributed by atoms with E-state index in [0.717, 1.165) is 17.4 Å². The van der Waals surface area contributed by atoms with E-state index < -0.39 is 25.1 Å². The highest BCUT2D eigenvalue weighted by atomic mass is 35.5. The van der Waals surface area contributed by atoms with Crippen molar-refractivity contribution >= 4 is 31.5 Å². The van der Waals surface area contributed by atoms with Crippen LogP contribution in [-0.2, 0) is 19.9 Å². The van der Waals surface area contributed by atoms with Crippen LogP contribution in [0.4, 0.5) is 0 Å². The lowest BCUT2D eigenvalue weighted by Gasteiger charge is -2.16. The maximum absolute atomic E-state index is 12.7. The summed E-state index contributed by atoms with van der Waals surface area (Å²) in [7, 11) is -6.94. The van der Waals surface area contributed by atoms with E-state index in [9.17, 15) is 16.8 Å². The van der Waals surface area contributed by atoms with Gasteiger partial charge >= 0.3 is 0 Å². The van der Waals surface area contributed by atoms with Crippen molar-refractivity contribution in [2.45, 2.75) is 16.6 Å². The van der Waals surface area contributed by atoms with Crippen LogP contribution in [0.25, 0.3) is 11.1 Å². The van der Waals surface area contributed by atoms with Crippen molar-refractivity contribution < 1.29 is 16.8 Å². The van der Waals surface area contributed by atoms with Gasteiger partial charge in [-0.15, -0.1) is 0 Å². The lowest BCUT2D eigenvalue weighted by molar-refractivity contribution is 0.477. The van der Waals surface area contributed by atoms with Gasteiger partial charge in [0, 0.05) is 24.4 Å². The van der Waals surface area contributed by atoms with Crippen LogP contribution in [0.15, 0.2) is 53.4 Å². The Morgan fingerprint density at radius 3 is 2.24 bits per heavy atom. The molecule has 25 heavy (non-hydrogen) atoms. The van der Waals surface area contributed by atoms with E-state index in [-0.39, 0.29) is 18.0 Å². The Balaban J connectivity index is 1.84. The molecule has 1 unspecified atom stereocenters. The molecule has 3 rings (SSSR count). The predicted octanol–water partition coefficient (Wildman–Crippen LogP) is 2.81. The number of halogens is 1. The van der Waals surface area contributed by atoms with E-state index in [2.05, 4.69) is 0 Å². The highest BCUT2D eigenvalue weighted by Gasteiger charge is 2.36. The molecule has 8 heteroatoms. The van der Waals surface area contributed by atoms with Gasteiger partial charge in [0.1, 0.15) is 0 Å². The Bertz CT molecular complexity index is 986. The van der Waals surface area contributed by atoms with Gasteiger partial charge in [0.25, 0.3) is 0 Å². The van der Waals surface area contributed by atoms with Crippen LogP contribution in [-0.4, -0.2) is 45.7 Å². The summed E-state index contributed by atoms with van der Waals surface area (Å²) in [6.07, 6.45) is 1.48. The minimum absolute atomic E-state index is 0.0111. The monoisotopic (exact) mass is 399 g/mol. The SMILES string of the molecule is CS(=O)(=O)C1CCN(S(=O)(=O)c2ccc(-c3cccc(Cl)c3)cc2)C1. The molecule has 1 fully saturated rings. The molecule has 134 valence electrons. The minimum atomic E-state index is -3.70. The van der Waals surface area contributed by atoms with Gasteiger partial charge in [0.15, 0.2) is 9.84 Å². The molecule has 0 aromatic heterocycles. The molecule has 0 aliphatic carbocycles. The Labute approximate surface area is 153 Å². The molecule has 0 bridgehead atoms. The van der Waals surface area contributed by atoms with Gasteiger partial charge in [0.2, 0.25) is 10.0 Å². The second-order valence-electron chi connectivity index (χ2n) is 6.14. The maximum atomic E-state index is 12.7. The van der Waals surface area contributed by atoms with E-state index in [1.165, 1.54) is 4.31 Å². The molecule has 0 N–H and O–H groups in total. The van der Waals surface area contributed by atoms with Crippen LogP contribution < -0.4 is 0 Å². The van der Waals surface area contributed by atoms with Crippen LogP contribution in [0.1, 0.15) is 6.42 Å². The lowest BCUT2D eigenvalue weighted by atomic mass is 10.1. The predicted molar refractivity (Wildman–Crippen MR) is 98.9 cm³/mol. The lowest BCUT2D eigenvalue weighted by Crippen LogP contribution is -2.31. The normalized spacial score (nSPS) is 19.2. The van der Waals surface area contributed by atoms with Crippen molar-refractivity contribution in [1.82, 2.24) is 4.31 Å². The fourth-order valence-corrected chi connectivity index (χ4v) is 5.67. The Hall–Kier alpha value is -1.41. The summed E-state index contributed by atoms with van der Waals surface area (Å²) >= 11 is 5.98. The summed E-state index contributed by atoms with van der Waals surface area (Å²) in [5, 5.41) is -0.0221. The van der Waals surface area contributed by atoms with Crippen LogP contribution >= 0.6 is 11.6 Å². The van der Waals surface area contributed by atoms with Crippen LogP contribution in [0.5, 0.6) is 0 Å². The number of hydrogen-bond donors (Lipinski definition) is 0. The molecule has 5 nitrogen and oxygen atoms in total. The number of benzene rings is 2. The van der Waals surface area contributed by atoms with Gasteiger partial charge in [-0.05, 0) is 41.8 Å². The van der Waals surface area contributed by atoms with Crippen LogP contribution in [0.3, 0.4) is 0 Å². The third-order valence-corrected chi connectivity index (χ3v) is 8.07. The fraction of sp³-hybridized carbons (Fsp3) is 0.294. The Kier molecular flexibility index (Phi) is 4.94. The summed E-state index contributed by atoms with van der Waals surface area (Å²) in [6, 6.07) is 13.8. The highest BCUT2D eigenvalue weighted by Crippen LogP contribution is 2.27.